The summed E-state index contributed by atoms with van der Waals surface area (Å²) in [6.07, 6.45) is -0.481. The monoisotopic (exact) mass is 194 g/mol. The van der Waals surface area contributed by atoms with Crippen molar-refractivity contribution in [2.75, 3.05) is 26.2 Å². The molecule has 2 fully saturated rings. The number of piperidine rings is 1. The standard InChI is InChI=1S/C8H13F3N2/c9-6-3-13(4-6)7-1-2-12-5-8(7,10)11/h6-7,12H,1-5H2. The average Bonchev–Trinajstić information content (AvgIpc) is 1.99. The van der Waals surface area contributed by atoms with E-state index in [0.717, 1.165) is 0 Å². The lowest BCUT2D eigenvalue weighted by Gasteiger charge is -2.45. The van der Waals surface area contributed by atoms with E-state index in [4.69, 9.17) is 0 Å². The minimum absolute atomic E-state index is 0.181. The van der Waals surface area contributed by atoms with Gasteiger partial charge < -0.3 is 5.32 Å². The maximum Gasteiger partial charge on any atom is 0.275 e. The predicted molar refractivity (Wildman–Crippen MR) is 42.7 cm³/mol. The third-order valence-electron chi connectivity index (χ3n) is 2.75. The van der Waals surface area contributed by atoms with E-state index in [9.17, 15) is 13.2 Å². The summed E-state index contributed by atoms with van der Waals surface area (Å²) in [5, 5.41) is 2.65. The molecule has 0 bridgehead atoms. The minimum Gasteiger partial charge on any atom is -0.311 e. The van der Waals surface area contributed by atoms with Crippen LogP contribution in [-0.2, 0) is 0 Å². The summed E-state index contributed by atoms with van der Waals surface area (Å²) >= 11 is 0. The van der Waals surface area contributed by atoms with Crippen LogP contribution in [0.2, 0.25) is 0 Å². The number of hydrogen-bond donors (Lipinski definition) is 1. The number of halogens is 3. The molecule has 0 saturated carbocycles. The minimum atomic E-state index is -2.70. The van der Waals surface area contributed by atoms with Crippen LogP contribution >= 0.6 is 0 Å². The highest BCUT2D eigenvalue weighted by Gasteiger charge is 2.48. The molecule has 2 saturated heterocycles. The van der Waals surface area contributed by atoms with Crippen LogP contribution in [0, 0.1) is 0 Å². The SMILES string of the molecule is FC1CN(C2CCNCC2(F)F)C1. The maximum absolute atomic E-state index is 13.2. The molecule has 0 spiro atoms. The Morgan fingerprint density at radius 2 is 2.00 bits per heavy atom. The van der Waals surface area contributed by atoms with E-state index in [1.807, 2.05) is 0 Å². The van der Waals surface area contributed by atoms with Crippen LogP contribution in [0.4, 0.5) is 13.2 Å². The van der Waals surface area contributed by atoms with E-state index in [2.05, 4.69) is 5.32 Å². The van der Waals surface area contributed by atoms with Crippen LogP contribution in [0.1, 0.15) is 6.42 Å². The zero-order valence-corrected chi connectivity index (χ0v) is 7.27. The van der Waals surface area contributed by atoms with Gasteiger partial charge in [-0.2, -0.15) is 0 Å². The van der Waals surface area contributed by atoms with Gasteiger partial charge in [-0.3, -0.25) is 4.90 Å². The summed E-state index contributed by atoms with van der Waals surface area (Å²) in [5.41, 5.74) is 0. The molecule has 13 heavy (non-hydrogen) atoms. The number of hydrogen-bond acceptors (Lipinski definition) is 2. The molecule has 2 aliphatic heterocycles. The van der Waals surface area contributed by atoms with E-state index >= 15 is 0 Å². The summed E-state index contributed by atoms with van der Waals surface area (Å²) in [4.78, 5) is 1.55. The molecule has 5 heteroatoms. The highest BCUT2D eigenvalue weighted by molar-refractivity contribution is 4.96. The Morgan fingerprint density at radius 3 is 2.54 bits per heavy atom. The molecule has 2 heterocycles. The Kier molecular flexibility index (Phi) is 2.23. The molecule has 0 aliphatic carbocycles. The first kappa shape index (κ1) is 9.27. The largest absolute Gasteiger partial charge is 0.311 e. The van der Waals surface area contributed by atoms with Crippen molar-refractivity contribution < 1.29 is 13.2 Å². The van der Waals surface area contributed by atoms with Crippen molar-refractivity contribution in [1.29, 1.82) is 0 Å². The fourth-order valence-electron chi connectivity index (χ4n) is 1.98. The summed E-state index contributed by atoms with van der Waals surface area (Å²) in [7, 11) is 0. The van der Waals surface area contributed by atoms with Gasteiger partial charge in [0.05, 0.1) is 12.6 Å². The summed E-state index contributed by atoms with van der Waals surface area (Å²) < 4.78 is 39.0. The Labute approximate surface area is 75.1 Å². The topological polar surface area (TPSA) is 15.3 Å². The molecule has 1 unspecified atom stereocenters. The summed E-state index contributed by atoms with van der Waals surface area (Å²) in [5.74, 6) is -2.70. The van der Waals surface area contributed by atoms with Crippen molar-refractivity contribution >= 4 is 0 Å². The van der Waals surface area contributed by atoms with Crippen molar-refractivity contribution in [2.24, 2.45) is 0 Å². The van der Waals surface area contributed by atoms with Gasteiger partial charge in [0.25, 0.3) is 5.92 Å². The van der Waals surface area contributed by atoms with Crippen LogP contribution in [0.3, 0.4) is 0 Å². The molecule has 76 valence electrons. The van der Waals surface area contributed by atoms with E-state index in [1.54, 1.807) is 4.90 Å². The second kappa shape index (κ2) is 3.13. The summed E-state index contributed by atoms with van der Waals surface area (Å²) in [6, 6.07) is -0.749. The van der Waals surface area contributed by atoms with Gasteiger partial charge in [0.1, 0.15) is 6.17 Å². The Hall–Kier alpha value is -0.290. The van der Waals surface area contributed by atoms with Gasteiger partial charge in [-0.05, 0) is 13.0 Å². The average molecular weight is 194 g/mol. The number of nitrogens with one attached hydrogen (secondary N) is 1. The van der Waals surface area contributed by atoms with Gasteiger partial charge in [0.2, 0.25) is 0 Å². The predicted octanol–water partition coefficient (Wildman–Crippen LogP) is 0.637. The first-order valence-corrected chi connectivity index (χ1v) is 4.56. The second-order valence-corrected chi connectivity index (χ2v) is 3.79. The van der Waals surface area contributed by atoms with Crippen LogP contribution < -0.4 is 5.32 Å². The lowest BCUT2D eigenvalue weighted by atomic mass is 9.97. The molecular weight excluding hydrogens is 181 g/mol. The molecule has 0 radical (unpaired) electrons. The molecule has 1 atom stereocenters. The lowest BCUT2D eigenvalue weighted by molar-refractivity contribution is -0.126. The highest BCUT2D eigenvalue weighted by Crippen LogP contribution is 2.31. The van der Waals surface area contributed by atoms with Crippen molar-refractivity contribution in [3.8, 4) is 0 Å². The lowest BCUT2D eigenvalue weighted by Crippen LogP contribution is -2.64. The first-order valence-electron chi connectivity index (χ1n) is 4.56. The van der Waals surface area contributed by atoms with Crippen LogP contribution in [0.5, 0.6) is 0 Å². The first-order chi connectivity index (χ1) is 6.09. The van der Waals surface area contributed by atoms with Crippen LogP contribution in [0.15, 0.2) is 0 Å². The fraction of sp³-hybridized carbons (Fsp3) is 1.00. The molecule has 2 rings (SSSR count). The van der Waals surface area contributed by atoms with Gasteiger partial charge in [0.15, 0.2) is 0 Å². The second-order valence-electron chi connectivity index (χ2n) is 3.79. The highest BCUT2D eigenvalue weighted by atomic mass is 19.3. The van der Waals surface area contributed by atoms with E-state index in [0.29, 0.717) is 13.0 Å². The Morgan fingerprint density at radius 1 is 1.31 bits per heavy atom. The van der Waals surface area contributed by atoms with Crippen molar-refractivity contribution in [2.45, 2.75) is 24.6 Å². The van der Waals surface area contributed by atoms with Crippen LogP contribution in [0.25, 0.3) is 0 Å². The van der Waals surface area contributed by atoms with Gasteiger partial charge in [-0.15, -0.1) is 0 Å². The Bertz CT molecular complexity index is 192. The van der Waals surface area contributed by atoms with E-state index in [-0.39, 0.29) is 19.6 Å². The molecular formula is C8H13F3N2. The zero-order valence-electron chi connectivity index (χ0n) is 7.27. The van der Waals surface area contributed by atoms with Crippen LogP contribution in [-0.4, -0.2) is 49.2 Å². The Balaban J connectivity index is 1.96. The van der Waals surface area contributed by atoms with E-state index < -0.39 is 18.1 Å². The molecule has 2 nitrogen and oxygen atoms in total. The molecule has 2 aliphatic rings. The van der Waals surface area contributed by atoms with Crippen molar-refractivity contribution in [3.05, 3.63) is 0 Å². The molecule has 0 aromatic carbocycles. The molecule has 1 N–H and O–H groups in total. The molecule has 0 amide bonds. The number of alkyl halides is 3. The van der Waals surface area contributed by atoms with Gasteiger partial charge in [0, 0.05) is 13.1 Å². The van der Waals surface area contributed by atoms with Gasteiger partial charge in [-0.25, -0.2) is 13.2 Å². The van der Waals surface area contributed by atoms with Gasteiger partial charge in [-0.1, -0.05) is 0 Å². The summed E-state index contributed by atoms with van der Waals surface area (Å²) in [6.45, 7) is 0.694. The third-order valence-corrected chi connectivity index (χ3v) is 2.75. The smallest absolute Gasteiger partial charge is 0.275 e. The van der Waals surface area contributed by atoms with Crippen molar-refractivity contribution in [3.63, 3.8) is 0 Å². The third kappa shape index (κ3) is 1.67. The normalized spacial score (nSPS) is 35.8. The zero-order chi connectivity index (χ0) is 9.47. The quantitative estimate of drug-likeness (QED) is 0.659. The van der Waals surface area contributed by atoms with Gasteiger partial charge >= 0.3 is 0 Å². The number of rotatable bonds is 1. The number of nitrogens with zero attached hydrogens (tertiary/aromatic N) is 1. The fourth-order valence-corrected chi connectivity index (χ4v) is 1.98. The molecule has 0 aromatic rings. The van der Waals surface area contributed by atoms with E-state index in [1.165, 1.54) is 0 Å². The van der Waals surface area contributed by atoms with Crippen molar-refractivity contribution in [1.82, 2.24) is 10.2 Å². The number of likely N-dealkylation sites (tertiary alicyclic amines) is 1. The molecule has 0 aromatic heterocycles. The maximum atomic E-state index is 13.2.